The molecule has 0 atom stereocenters. The van der Waals surface area contributed by atoms with Gasteiger partial charge in [-0.2, -0.15) is 0 Å². The van der Waals surface area contributed by atoms with Crippen LogP contribution < -0.4 is 10.6 Å². The van der Waals surface area contributed by atoms with E-state index in [2.05, 4.69) is 25.5 Å². The van der Waals surface area contributed by atoms with Crippen molar-refractivity contribution in [3.63, 3.8) is 0 Å². The number of piperidine rings is 1. The van der Waals surface area contributed by atoms with Crippen molar-refractivity contribution in [1.82, 2.24) is 25.2 Å². The molecule has 0 radical (unpaired) electrons. The van der Waals surface area contributed by atoms with Crippen LogP contribution in [0.4, 0.5) is 11.6 Å². The lowest BCUT2D eigenvalue weighted by Gasteiger charge is -2.30. The van der Waals surface area contributed by atoms with E-state index in [1.165, 1.54) is 0 Å². The maximum Gasteiger partial charge on any atom is 0.222 e. The van der Waals surface area contributed by atoms with Gasteiger partial charge in [0.25, 0.3) is 0 Å². The second kappa shape index (κ2) is 9.32. The number of thiazole rings is 1. The van der Waals surface area contributed by atoms with Crippen LogP contribution in [0.1, 0.15) is 23.4 Å². The summed E-state index contributed by atoms with van der Waals surface area (Å²) in [5.74, 6) is 1.84. The monoisotopic (exact) mass is 422 g/mol. The first kappa shape index (κ1) is 20.4. The van der Waals surface area contributed by atoms with Gasteiger partial charge in [-0.1, -0.05) is 6.07 Å². The van der Waals surface area contributed by atoms with Gasteiger partial charge in [-0.25, -0.2) is 15.0 Å². The van der Waals surface area contributed by atoms with Crippen LogP contribution in [0.5, 0.6) is 0 Å². The fraction of sp³-hybridized carbons (Fsp3) is 0.364. The quantitative estimate of drug-likeness (QED) is 0.631. The van der Waals surface area contributed by atoms with Gasteiger partial charge in [-0.05, 0) is 62.7 Å². The summed E-state index contributed by atoms with van der Waals surface area (Å²) in [7, 11) is 1.71. The molecule has 1 amide bonds. The van der Waals surface area contributed by atoms with E-state index >= 15 is 0 Å². The Hall–Kier alpha value is -2.84. The Bertz CT molecular complexity index is 1010. The topological polar surface area (TPSA) is 83.0 Å². The molecular formula is C22H26N6OS. The van der Waals surface area contributed by atoms with Crippen molar-refractivity contribution in [3.05, 3.63) is 53.3 Å². The molecule has 7 nitrogen and oxygen atoms in total. The number of hydrogen-bond acceptors (Lipinski definition) is 7. The van der Waals surface area contributed by atoms with E-state index in [1.807, 2.05) is 43.5 Å². The molecule has 1 fully saturated rings. The molecule has 4 heterocycles. The number of carbonyl (C=O) groups is 1. The summed E-state index contributed by atoms with van der Waals surface area (Å²) in [6, 6.07) is 9.89. The number of aromatic nitrogens is 3. The summed E-state index contributed by atoms with van der Waals surface area (Å²) in [6.07, 6.45) is 5.49. The van der Waals surface area contributed by atoms with E-state index in [4.69, 9.17) is 4.98 Å². The van der Waals surface area contributed by atoms with Crippen molar-refractivity contribution in [1.29, 1.82) is 0 Å². The van der Waals surface area contributed by atoms with E-state index in [1.54, 1.807) is 24.6 Å². The Balaban J connectivity index is 1.39. The van der Waals surface area contributed by atoms with Crippen LogP contribution in [0, 0.1) is 12.8 Å². The Labute approximate surface area is 180 Å². The normalized spacial score (nSPS) is 15.1. The van der Waals surface area contributed by atoms with Crippen LogP contribution in [0.2, 0.25) is 0 Å². The average Bonchev–Trinajstić information content (AvgIpc) is 3.22. The van der Waals surface area contributed by atoms with E-state index in [-0.39, 0.29) is 11.8 Å². The number of rotatable bonds is 6. The van der Waals surface area contributed by atoms with Crippen LogP contribution in [0.15, 0.2) is 42.7 Å². The predicted octanol–water partition coefficient (Wildman–Crippen LogP) is 3.61. The number of hydrogen-bond donors (Lipinski definition) is 2. The van der Waals surface area contributed by atoms with Crippen LogP contribution in [-0.2, 0) is 11.3 Å². The van der Waals surface area contributed by atoms with Gasteiger partial charge < -0.3 is 10.6 Å². The third-order valence-corrected chi connectivity index (χ3v) is 6.29. The molecule has 3 aromatic rings. The third kappa shape index (κ3) is 5.01. The van der Waals surface area contributed by atoms with Gasteiger partial charge in [-0.3, -0.25) is 9.69 Å². The maximum absolute atomic E-state index is 11.8. The third-order valence-electron chi connectivity index (χ3n) is 5.29. The number of pyridine rings is 2. The van der Waals surface area contributed by atoms with E-state index in [9.17, 15) is 4.79 Å². The second-order valence-electron chi connectivity index (χ2n) is 7.53. The largest absolute Gasteiger partial charge is 0.359 e. The lowest BCUT2D eigenvalue weighted by Crippen LogP contribution is -2.39. The van der Waals surface area contributed by atoms with Gasteiger partial charge >= 0.3 is 0 Å². The molecule has 0 aliphatic carbocycles. The summed E-state index contributed by atoms with van der Waals surface area (Å²) in [4.78, 5) is 28.9. The zero-order valence-corrected chi connectivity index (χ0v) is 18.1. The highest BCUT2D eigenvalue weighted by atomic mass is 32.1. The van der Waals surface area contributed by atoms with Crippen molar-refractivity contribution in [2.24, 2.45) is 5.92 Å². The Morgan fingerprint density at radius 3 is 2.80 bits per heavy atom. The number of nitrogens with one attached hydrogen (secondary N) is 2. The molecule has 1 aliphatic rings. The highest BCUT2D eigenvalue weighted by Crippen LogP contribution is 2.28. The SMILES string of the molecule is CNC(=O)C1CCN(Cc2ncc(-c3cccc(Nc4cc(C)ccn4)n3)s2)CC1. The van der Waals surface area contributed by atoms with Gasteiger partial charge in [0.2, 0.25) is 5.91 Å². The zero-order valence-electron chi connectivity index (χ0n) is 17.3. The van der Waals surface area contributed by atoms with Crippen LogP contribution in [0.25, 0.3) is 10.6 Å². The van der Waals surface area contributed by atoms with Gasteiger partial charge in [-0.15, -0.1) is 11.3 Å². The molecule has 8 heteroatoms. The fourth-order valence-corrected chi connectivity index (χ4v) is 4.56. The minimum absolute atomic E-state index is 0.139. The molecule has 3 aromatic heterocycles. The molecule has 1 aliphatic heterocycles. The summed E-state index contributed by atoms with van der Waals surface area (Å²) in [5, 5.41) is 7.10. The summed E-state index contributed by atoms with van der Waals surface area (Å²) < 4.78 is 0. The number of likely N-dealkylation sites (tertiary alicyclic amines) is 1. The molecule has 156 valence electrons. The van der Waals surface area contributed by atoms with E-state index in [0.717, 1.165) is 65.3 Å². The Morgan fingerprint density at radius 1 is 1.20 bits per heavy atom. The van der Waals surface area contributed by atoms with Crippen molar-refractivity contribution < 1.29 is 4.79 Å². The highest BCUT2D eigenvalue weighted by Gasteiger charge is 2.24. The standard InChI is InChI=1S/C22H26N6OS/c1-15-6-9-24-20(12-15)27-19-5-3-4-17(26-19)18-13-25-21(30-18)14-28-10-7-16(8-11-28)22(29)23-2/h3-6,9,12-13,16H,7-8,10-11,14H2,1-2H3,(H,23,29)(H,24,26,27). The van der Waals surface area contributed by atoms with Crippen LogP contribution >= 0.6 is 11.3 Å². The molecule has 1 saturated heterocycles. The second-order valence-corrected chi connectivity index (χ2v) is 8.65. The highest BCUT2D eigenvalue weighted by molar-refractivity contribution is 7.15. The van der Waals surface area contributed by atoms with Gasteiger partial charge in [0, 0.05) is 25.4 Å². The number of anilines is 2. The molecule has 4 rings (SSSR count). The van der Waals surface area contributed by atoms with Crippen LogP contribution in [0.3, 0.4) is 0 Å². The number of amides is 1. The molecule has 0 spiro atoms. The average molecular weight is 423 g/mol. The summed E-state index contributed by atoms with van der Waals surface area (Å²) in [5.41, 5.74) is 2.05. The lowest BCUT2D eigenvalue weighted by molar-refractivity contribution is -0.125. The summed E-state index contributed by atoms with van der Waals surface area (Å²) in [6.45, 7) is 4.70. The molecular weight excluding hydrogens is 396 g/mol. The van der Waals surface area contributed by atoms with E-state index in [0.29, 0.717) is 0 Å². The minimum atomic E-state index is 0.139. The molecule has 0 saturated carbocycles. The predicted molar refractivity (Wildman–Crippen MR) is 120 cm³/mol. The van der Waals surface area contributed by atoms with Crippen molar-refractivity contribution in [2.75, 3.05) is 25.5 Å². The van der Waals surface area contributed by atoms with Gasteiger partial charge in [0.1, 0.15) is 16.6 Å². The first-order valence-corrected chi connectivity index (χ1v) is 11.0. The van der Waals surface area contributed by atoms with Gasteiger partial charge in [0.15, 0.2) is 0 Å². The van der Waals surface area contributed by atoms with Crippen molar-refractivity contribution in [2.45, 2.75) is 26.3 Å². The molecule has 2 N–H and O–H groups in total. The van der Waals surface area contributed by atoms with Crippen molar-refractivity contribution >= 4 is 28.9 Å². The van der Waals surface area contributed by atoms with E-state index < -0.39 is 0 Å². The zero-order chi connectivity index (χ0) is 20.9. The Kier molecular flexibility index (Phi) is 6.35. The minimum Gasteiger partial charge on any atom is -0.359 e. The van der Waals surface area contributed by atoms with Crippen molar-refractivity contribution in [3.8, 4) is 10.6 Å². The summed E-state index contributed by atoms with van der Waals surface area (Å²) >= 11 is 1.67. The number of aryl methyl sites for hydroxylation is 1. The van der Waals surface area contributed by atoms with Gasteiger partial charge in [0.05, 0.1) is 17.1 Å². The molecule has 0 bridgehead atoms. The van der Waals surface area contributed by atoms with Crippen LogP contribution in [-0.4, -0.2) is 45.9 Å². The first-order valence-electron chi connectivity index (χ1n) is 10.2. The molecule has 30 heavy (non-hydrogen) atoms. The maximum atomic E-state index is 11.8. The first-order chi connectivity index (χ1) is 14.6. The Morgan fingerprint density at radius 2 is 2.03 bits per heavy atom. The molecule has 0 unspecified atom stereocenters. The number of carbonyl (C=O) groups excluding carboxylic acids is 1. The number of nitrogens with zero attached hydrogens (tertiary/aromatic N) is 4. The molecule has 0 aromatic carbocycles. The smallest absolute Gasteiger partial charge is 0.222 e. The fourth-order valence-electron chi connectivity index (χ4n) is 3.63. The lowest BCUT2D eigenvalue weighted by atomic mass is 9.96.